The third-order valence-electron chi connectivity index (χ3n) is 3.64. The summed E-state index contributed by atoms with van der Waals surface area (Å²) in [5.74, 6) is 0. The number of rotatable bonds is 1. The van der Waals surface area contributed by atoms with Crippen LogP contribution in [0.5, 0.6) is 0 Å². The maximum Gasteiger partial charge on any atom is 0.0151 e. The van der Waals surface area contributed by atoms with E-state index in [4.69, 9.17) is 0 Å². The van der Waals surface area contributed by atoms with E-state index >= 15 is 0 Å². The second-order valence-electron chi connectivity index (χ2n) is 4.56. The minimum absolute atomic E-state index is 1.25. The fourth-order valence-corrected chi connectivity index (χ4v) is 3.32. The Morgan fingerprint density at radius 1 is 0.667 bits per heavy atom. The molecule has 4 aromatic carbocycles. The molecule has 0 saturated carbocycles. The van der Waals surface area contributed by atoms with Crippen LogP contribution in [0, 0.1) is 6.26 Å². The third-order valence-corrected chi connectivity index (χ3v) is 4.31. The van der Waals surface area contributed by atoms with E-state index in [1.54, 1.807) is 11.8 Å². The van der Waals surface area contributed by atoms with Gasteiger partial charge in [0.15, 0.2) is 0 Å². The summed E-state index contributed by atoms with van der Waals surface area (Å²) in [6.45, 7) is 0. The fraction of sp³-hybridized carbons (Fsp3) is 0. The summed E-state index contributed by atoms with van der Waals surface area (Å²) in [5, 5.41) is 8.01. The van der Waals surface area contributed by atoms with E-state index in [2.05, 4.69) is 60.9 Å². The lowest BCUT2D eigenvalue weighted by Gasteiger charge is -2.12. The molecule has 0 unspecified atom stereocenters. The summed E-state index contributed by atoms with van der Waals surface area (Å²) < 4.78 is 0. The van der Waals surface area contributed by atoms with Gasteiger partial charge in [-0.15, -0.1) is 11.8 Å². The van der Waals surface area contributed by atoms with Gasteiger partial charge < -0.3 is 0 Å². The largest absolute Gasteiger partial charge is 0.125 e. The molecule has 0 aliphatic carbocycles. The summed E-state index contributed by atoms with van der Waals surface area (Å²) in [6, 6.07) is 19.7. The summed E-state index contributed by atoms with van der Waals surface area (Å²) in [7, 11) is 0. The van der Waals surface area contributed by atoms with Crippen molar-refractivity contribution in [3.63, 3.8) is 0 Å². The summed E-state index contributed by atoms with van der Waals surface area (Å²) in [6.07, 6.45) is 3.95. The third kappa shape index (κ3) is 1.23. The number of hydrogen-bond donors (Lipinski definition) is 0. The standard InChI is InChI=1S/C17H11S/c1-18-15-10-8-13-6-5-11-3-2-4-12-7-9-14(15)17(13)16(11)12/h2-10H,1H2. The second kappa shape index (κ2) is 3.63. The minimum atomic E-state index is 1.25. The predicted molar refractivity (Wildman–Crippen MR) is 81.4 cm³/mol. The Hall–Kier alpha value is -1.73. The van der Waals surface area contributed by atoms with E-state index in [1.807, 2.05) is 0 Å². The van der Waals surface area contributed by atoms with Crippen molar-refractivity contribution < 1.29 is 0 Å². The van der Waals surface area contributed by atoms with Gasteiger partial charge in [-0.3, -0.25) is 0 Å². The highest BCUT2D eigenvalue weighted by Gasteiger charge is 2.09. The molecule has 0 nitrogen and oxygen atoms in total. The predicted octanol–water partition coefficient (Wildman–Crippen LogP) is 5.47. The first-order chi connectivity index (χ1) is 8.88. The highest BCUT2D eigenvalue weighted by Crippen LogP contribution is 2.38. The number of hydrogen-bond acceptors (Lipinski definition) is 1. The average molecular weight is 247 g/mol. The van der Waals surface area contributed by atoms with Crippen molar-refractivity contribution >= 4 is 44.1 Å². The highest BCUT2D eigenvalue weighted by molar-refractivity contribution is 8.00. The molecule has 0 heterocycles. The molecular formula is C17H11S. The van der Waals surface area contributed by atoms with Gasteiger partial charge in [-0.25, -0.2) is 0 Å². The molecule has 4 rings (SSSR count). The molecule has 0 bridgehead atoms. The zero-order valence-electron chi connectivity index (χ0n) is 9.81. The monoisotopic (exact) mass is 247 g/mol. The molecule has 4 aromatic rings. The number of thioether (sulfide) groups is 1. The van der Waals surface area contributed by atoms with Crippen molar-refractivity contribution in [3.05, 3.63) is 60.9 Å². The second-order valence-corrected chi connectivity index (χ2v) is 5.29. The van der Waals surface area contributed by atoms with E-state index in [0.717, 1.165) is 0 Å². The first-order valence-corrected chi connectivity index (χ1v) is 6.95. The smallest absolute Gasteiger partial charge is 0.0151 e. The van der Waals surface area contributed by atoms with E-state index in [1.165, 1.54) is 37.2 Å². The van der Waals surface area contributed by atoms with Gasteiger partial charge >= 0.3 is 0 Å². The lowest BCUT2D eigenvalue weighted by atomic mass is 9.94. The Morgan fingerprint density at radius 3 is 2.00 bits per heavy atom. The molecule has 0 aliphatic heterocycles. The first kappa shape index (κ1) is 10.2. The number of benzene rings is 4. The lowest BCUT2D eigenvalue weighted by Crippen LogP contribution is -1.84. The molecule has 1 heteroatoms. The Balaban J connectivity index is 2.40. The van der Waals surface area contributed by atoms with Gasteiger partial charge in [0.05, 0.1) is 0 Å². The summed E-state index contributed by atoms with van der Waals surface area (Å²) >= 11 is 1.57. The Labute approximate surface area is 110 Å². The van der Waals surface area contributed by atoms with E-state index in [-0.39, 0.29) is 0 Å². The molecule has 0 N–H and O–H groups in total. The average Bonchev–Trinajstić information content (AvgIpc) is 2.44. The molecule has 0 spiro atoms. The molecule has 0 amide bonds. The minimum Gasteiger partial charge on any atom is -0.125 e. The molecule has 0 atom stereocenters. The van der Waals surface area contributed by atoms with Crippen LogP contribution in [-0.2, 0) is 0 Å². The SMILES string of the molecule is [CH2]Sc1ccc2ccc3cccc4ccc1c2c34. The van der Waals surface area contributed by atoms with E-state index in [0.29, 0.717) is 0 Å². The topological polar surface area (TPSA) is 0 Å². The van der Waals surface area contributed by atoms with Crippen LogP contribution >= 0.6 is 11.8 Å². The zero-order chi connectivity index (χ0) is 12.1. The zero-order valence-corrected chi connectivity index (χ0v) is 10.6. The molecule has 18 heavy (non-hydrogen) atoms. The van der Waals surface area contributed by atoms with Crippen LogP contribution in [-0.4, -0.2) is 0 Å². The van der Waals surface area contributed by atoms with Crippen molar-refractivity contribution in [2.75, 3.05) is 0 Å². The van der Waals surface area contributed by atoms with Crippen molar-refractivity contribution in [3.8, 4) is 0 Å². The molecule has 1 radical (unpaired) electrons. The van der Waals surface area contributed by atoms with Crippen LogP contribution < -0.4 is 0 Å². The van der Waals surface area contributed by atoms with Gasteiger partial charge in [0.1, 0.15) is 0 Å². The molecule has 0 saturated heterocycles. The van der Waals surface area contributed by atoms with Crippen molar-refractivity contribution in [1.82, 2.24) is 0 Å². The quantitative estimate of drug-likeness (QED) is 0.317. The Kier molecular flexibility index (Phi) is 2.06. The van der Waals surface area contributed by atoms with Crippen molar-refractivity contribution in [1.29, 1.82) is 0 Å². The Morgan fingerprint density at radius 2 is 1.28 bits per heavy atom. The van der Waals surface area contributed by atoms with Gasteiger partial charge in [0.2, 0.25) is 0 Å². The molecule has 0 fully saturated rings. The molecular weight excluding hydrogens is 236 g/mol. The van der Waals surface area contributed by atoms with Crippen LogP contribution in [0.4, 0.5) is 0 Å². The van der Waals surface area contributed by atoms with Gasteiger partial charge in [0.25, 0.3) is 0 Å². The highest BCUT2D eigenvalue weighted by atomic mass is 32.2. The van der Waals surface area contributed by atoms with Crippen LogP contribution in [0.25, 0.3) is 32.3 Å². The maximum absolute atomic E-state index is 3.95. The van der Waals surface area contributed by atoms with Gasteiger partial charge in [-0.2, -0.15) is 0 Å². The lowest BCUT2D eigenvalue weighted by molar-refractivity contribution is 1.58. The van der Waals surface area contributed by atoms with Crippen LogP contribution in [0.2, 0.25) is 0 Å². The maximum atomic E-state index is 3.95. The fourth-order valence-electron chi connectivity index (χ4n) is 2.83. The summed E-state index contributed by atoms with van der Waals surface area (Å²) in [5.41, 5.74) is 0. The molecule has 0 aliphatic rings. The van der Waals surface area contributed by atoms with Gasteiger partial charge in [-0.1, -0.05) is 48.5 Å². The molecule has 0 aromatic heterocycles. The van der Waals surface area contributed by atoms with E-state index < -0.39 is 0 Å². The van der Waals surface area contributed by atoms with Crippen molar-refractivity contribution in [2.24, 2.45) is 0 Å². The van der Waals surface area contributed by atoms with E-state index in [9.17, 15) is 0 Å². The summed E-state index contributed by atoms with van der Waals surface area (Å²) in [4.78, 5) is 1.25. The van der Waals surface area contributed by atoms with Gasteiger partial charge in [-0.05, 0) is 38.4 Å². The van der Waals surface area contributed by atoms with Crippen LogP contribution in [0.15, 0.2) is 59.5 Å². The first-order valence-electron chi connectivity index (χ1n) is 5.97. The normalized spacial score (nSPS) is 11.8. The van der Waals surface area contributed by atoms with Crippen LogP contribution in [0.1, 0.15) is 0 Å². The van der Waals surface area contributed by atoms with Crippen molar-refractivity contribution in [2.45, 2.75) is 4.90 Å². The molecule has 85 valence electrons. The Bertz CT molecular complexity index is 845. The van der Waals surface area contributed by atoms with Gasteiger partial charge in [0, 0.05) is 11.2 Å². The van der Waals surface area contributed by atoms with Crippen LogP contribution in [0.3, 0.4) is 0 Å².